The lowest BCUT2D eigenvalue weighted by molar-refractivity contribution is -0.130. The Labute approximate surface area is 129 Å². The van der Waals surface area contributed by atoms with Crippen molar-refractivity contribution in [3.63, 3.8) is 0 Å². The summed E-state index contributed by atoms with van der Waals surface area (Å²) in [6, 6.07) is 0. The van der Waals surface area contributed by atoms with Gasteiger partial charge >= 0.3 is 0 Å². The van der Waals surface area contributed by atoms with E-state index in [0.717, 1.165) is 38.9 Å². The first-order chi connectivity index (χ1) is 9.57. The molecule has 1 aliphatic rings. The molecule has 1 aliphatic heterocycles. The summed E-state index contributed by atoms with van der Waals surface area (Å²) < 4.78 is 0. The van der Waals surface area contributed by atoms with Crippen molar-refractivity contribution in [3.8, 4) is 0 Å². The molecule has 1 fully saturated rings. The van der Waals surface area contributed by atoms with E-state index in [2.05, 4.69) is 24.1 Å². The zero-order valence-corrected chi connectivity index (χ0v) is 14.6. The van der Waals surface area contributed by atoms with Gasteiger partial charge in [0.15, 0.2) is 0 Å². The first-order valence-corrected chi connectivity index (χ1v) is 8.02. The monoisotopic (exact) mass is 296 g/mol. The number of carbonyl (C=O) groups excluding carboxylic acids is 2. The van der Waals surface area contributed by atoms with E-state index >= 15 is 0 Å². The Balaban J connectivity index is 2.53. The molecule has 0 unspecified atom stereocenters. The summed E-state index contributed by atoms with van der Waals surface area (Å²) in [5.74, 6) is 0.687. The molecule has 122 valence electrons. The van der Waals surface area contributed by atoms with Crippen LogP contribution in [0.2, 0.25) is 0 Å². The van der Waals surface area contributed by atoms with Gasteiger partial charge in [-0.3, -0.25) is 9.59 Å². The summed E-state index contributed by atoms with van der Waals surface area (Å²) in [5.41, 5.74) is -0.269. The molecule has 0 spiro atoms. The van der Waals surface area contributed by atoms with Crippen LogP contribution in [0.15, 0.2) is 0 Å². The van der Waals surface area contributed by atoms with E-state index in [4.69, 9.17) is 0 Å². The number of nitrogens with zero attached hydrogens (tertiary/aromatic N) is 1. The molecular weight excluding hydrogens is 264 g/mol. The second-order valence-electron chi connectivity index (χ2n) is 7.97. The van der Waals surface area contributed by atoms with Gasteiger partial charge < -0.3 is 10.2 Å². The molecule has 4 heteroatoms. The molecule has 4 nitrogen and oxygen atoms in total. The van der Waals surface area contributed by atoms with E-state index in [1.165, 1.54) is 0 Å². The van der Waals surface area contributed by atoms with Crippen molar-refractivity contribution >= 4 is 11.7 Å². The summed E-state index contributed by atoms with van der Waals surface area (Å²) in [4.78, 5) is 25.8. The average molecular weight is 296 g/mol. The van der Waals surface area contributed by atoms with E-state index in [0.29, 0.717) is 5.78 Å². The molecular formula is C17H32N2O2. The molecule has 0 aromatic carbocycles. The summed E-state index contributed by atoms with van der Waals surface area (Å²) >= 11 is 0. The fourth-order valence-electron chi connectivity index (χ4n) is 3.77. The van der Waals surface area contributed by atoms with Crippen LogP contribution in [0.4, 0.5) is 0 Å². The van der Waals surface area contributed by atoms with Crippen molar-refractivity contribution in [3.05, 3.63) is 0 Å². The van der Waals surface area contributed by atoms with Crippen molar-refractivity contribution in [1.82, 2.24) is 10.2 Å². The van der Waals surface area contributed by atoms with Crippen LogP contribution in [0.5, 0.6) is 0 Å². The standard InChI is InChI=1S/C17H32N2O2/c1-13(20)14-7-9-19(10-8-14)12-16(2,3)11-17(4,5)15(21)18-6/h14H,7-12H2,1-6H3,(H,18,21). The van der Waals surface area contributed by atoms with Gasteiger partial charge in [-0.2, -0.15) is 0 Å². The summed E-state index contributed by atoms with van der Waals surface area (Å²) in [5, 5.41) is 2.76. The summed E-state index contributed by atoms with van der Waals surface area (Å²) in [7, 11) is 1.70. The van der Waals surface area contributed by atoms with Crippen LogP contribution >= 0.6 is 0 Å². The third-order valence-corrected chi connectivity index (χ3v) is 4.58. The molecule has 0 aromatic heterocycles. The molecule has 21 heavy (non-hydrogen) atoms. The number of Topliss-reactive ketones (excluding diaryl/α,β-unsaturated/α-hetero) is 1. The molecule has 1 rings (SSSR count). The van der Waals surface area contributed by atoms with Gasteiger partial charge in [0.25, 0.3) is 0 Å². The van der Waals surface area contributed by atoms with Gasteiger partial charge in [0.05, 0.1) is 0 Å². The van der Waals surface area contributed by atoms with Gasteiger partial charge in [0.2, 0.25) is 5.91 Å². The number of amides is 1. The summed E-state index contributed by atoms with van der Waals surface area (Å²) in [6.45, 7) is 13.2. The Bertz CT molecular complexity index is 380. The van der Waals surface area contributed by atoms with E-state index in [1.807, 2.05) is 13.8 Å². The normalized spacial score (nSPS) is 18.6. The predicted octanol–water partition coefficient (Wildman–Crippen LogP) is 2.48. The minimum absolute atomic E-state index is 0.0824. The van der Waals surface area contributed by atoms with Crippen molar-refractivity contribution < 1.29 is 9.59 Å². The van der Waals surface area contributed by atoms with Gasteiger partial charge in [-0.05, 0) is 44.7 Å². The number of hydrogen-bond acceptors (Lipinski definition) is 3. The molecule has 1 amide bonds. The predicted molar refractivity (Wildman–Crippen MR) is 86.1 cm³/mol. The average Bonchev–Trinajstić information content (AvgIpc) is 2.36. The van der Waals surface area contributed by atoms with Gasteiger partial charge in [0.1, 0.15) is 5.78 Å². The summed E-state index contributed by atoms with van der Waals surface area (Å²) in [6.07, 6.45) is 2.81. The molecule has 0 atom stereocenters. The highest BCUT2D eigenvalue weighted by Crippen LogP contribution is 2.35. The van der Waals surface area contributed by atoms with Crippen molar-refractivity contribution in [1.29, 1.82) is 0 Å². The highest BCUT2D eigenvalue weighted by molar-refractivity contribution is 5.81. The SMILES string of the molecule is CNC(=O)C(C)(C)CC(C)(C)CN1CCC(C(C)=O)CC1. The maximum absolute atomic E-state index is 12.0. The van der Waals surface area contributed by atoms with Gasteiger partial charge in [-0.15, -0.1) is 0 Å². The number of rotatable bonds is 6. The van der Waals surface area contributed by atoms with Crippen LogP contribution < -0.4 is 5.32 Å². The van der Waals surface area contributed by atoms with Crippen LogP contribution in [0.25, 0.3) is 0 Å². The Morgan fingerprint density at radius 2 is 1.67 bits per heavy atom. The first kappa shape index (κ1) is 18.1. The van der Waals surface area contributed by atoms with E-state index in [9.17, 15) is 9.59 Å². The Kier molecular flexibility index (Phi) is 5.97. The van der Waals surface area contributed by atoms with Crippen LogP contribution in [0.1, 0.15) is 53.9 Å². The molecule has 1 heterocycles. The molecule has 0 aliphatic carbocycles. The molecule has 0 saturated carbocycles. The maximum atomic E-state index is 12.0. The minimum Gasteiger partial charge on any atom is -0.359 e. The van der Waals surface area contributed by atoms with E-state index < -0.39 is 0 Å². The lowest BCUT2D eigenvalue weighted by atomic mass is 9.74. The molecule has 0 bridgehead atoms. The number of likely N-dealkylation sites (tertiary alicyclic amines) is 1. The smallest absolute Gasteiger partial charge is 0.225 e. The lowest BCUT2D eigenvalue weighted by Gasteiger charge is -2.40. The van der Waals surface area contributed by atoms with Gasteiger partial charge in [0, 0.05) is 24.9 Å². The Morgan fingerprint density at radius 1 is 1.14 bits per heavy atom. The van der Waals surface area contributed by atoms with Crippen LogP contribution in [0, 0.1) is 16.7 Å². The Hall–Kier alpha value is -0.900. The third-order valence-electron chi connectivity index (χ3n) is 4.58. The number of ketones is 1. The zero-order chi connectivity index (χ0) is 16.3. The van der Waals surface area contributed by atoms with E-state index in [1.54, 1.807) is 14.0 Å². The fourth-order valence-corrected chi connectivity index (χ4v) is 3.77. The highest BCUT2D eigenvalue weighted by Gasteiger charge is 2.35. The zero-order valence-electron chi connectivity index (χ0n) is 14.6. The van der Waals surface area contributed by atoms with Gasteiger partial charge in [-0.1, -0.05) is 27.7 Å². The fraction of sp³-hybridized carbons (Fsp3) is 0.882. The largest absolute Gasteiger partial charge is 0.359 e. The number of nitrogens with one attached hydrogen (secondary N) is 1. The topological polar surface area (TPSA) is 49.4 Å². The second kappa shape index (κ2) is 6.91. The number of carbonyl (C=O) groups is 2. The van der Waals surface area contributed by atoms with Crippen molar-refractivity contribution in [2.24, 2.45) is 16.7 Å². The Morgan fingerprint density at radius 3 is 2.10 bits per heavy atom. The second-order valence-corrected chi connectivity index (χ2v) is 7.97. The lowest BCUT2D eigenvalue weighted by Crippen LogP contribution is -2.44. The molecule has 0 aromatic rings. The molecule has 0 radical (unpaired) electrons. The van der Waals surface area contributed by atoms with Crippen molar-refractivity contribution in [2.75, 3.05) is 26.7 Å². The van der Waals surface area contributed by atoms with Crippen molar-refractivity contribution in [2.45, 2.75) is 53.9 Å². The molecule has 1 saturated heterocycles. The van der Waals surface area contributed by atoms with Crippen LogP contribution in [-0.4, -0.2) is 43.3 Å². The minimum atomic E-state index is -0.351. The number of hydrogen-bond donors (Lipinski definition) is 1. The number of piperidine rings is 1. The van der Waals surface area contributed by atoms with Crippen LogP contribution in [-0.2, 0) is 9.59 Å². The van der Waals surface area contributed by atoms with E-state index in [-0.39, 0.29) is 22.7 Å². The first-order valence-electron chi connectivity index (χ1n) is 8.02. The quantitative estimate of drug-likeness (QED) is 0.819. The van der Waals surface area contributed by atoms with Crippen LogP contribution in [0.3, 0.4) is 0 Å². The maximum Gasteiger partial charge on any atom is 0.225 e. The third kappa shape index (κ3) is 5.42. The molecule has 1 N–H and O–H groups in total. The van der Waals surface area contributed by atoms with Gasteiger partial charge in [-0.25, -0.2) is 0 Å². The highest BCUT2D eigenvalue weighted by atomic mass is 16.2.